The summed E-state index contributed by atoms with van der Waals surface area (Å²) in [5, 5.41) is 0. The second-order valence-corrected chi connectivity index (χ2v) is 16.2. The highest BCUT2D eigenvalue weighted by Gasteiger charge is 2.56. The lowest BCUT2D eigenvalue weighted by Gasteiger charge is -2.47. The van der Waals surface area contributed by atoms with Crippen LogP contribution in [0.5, 0.6) is 0 Å². The van der Waals surface area contributed by atoms with Gasteiger partial charge in [0.2, 0.25) is 0 Å². The number of nitrogens with zero attached hydrogens (tertiary/aromatic N) is 1. The van der Waals surface area contributed by atoms with Crippen molar-refractivity contribution in [2.75, 3.05) is 4.90 Å². The van der Waals surface area contributed by atoms with Crippen molar-refractivity contribution in [1.29, 1.82) is 0 Å². The van der Waals surface area contributed by atoms with Crippen molar-refractivity contribution in [1.82, 2.24) is 0 Å². The summed E-state index contributed by atoms with van der Waals surface area (Å²) in [7, 11) is 0. The molecule has 4 aliphatic carbocycles. The molecular formula is C55H41N. The van der Waals surface area contributed by atoms with Gasteiger partial charge in [-0.25, -0.2) is 0 Å². The summed E-state index contributed by atoms with van der Waals surface area (Å²) in [6.07, 6.45) is 3.33. The Labute approximate surface area is 329 Å². The third kappa shape index (κ3) is 4.32. The van der Waals surface area contributed by atoms with Crippen molar-refractivity contribution in [2.45, 2.75) is 36.6 Å². The van der Waals surface area contributed by atoms with Gasteiger partial charge in [-0.3, -0.25) is 0 Å². The average Bonchev–Trinajstić information content (AvgIpc) is 3.50. The van der Waals surface area contributed by atoms with Crippen LogP contribution in [0.3, 0.4) is 0 Å². The summed E-state index contributed by atoms with van der Waals surface area (Å²) in [4.78, 5) is 2.76. The lowest BCUT2D eigenvalue weighted by Crippen LogP contribution is -2.44. The summed E-state index contributed by atoms with van der Waals surface area (Å²) in [5.41, 5.74) is 21.5. The second kappa shape index (κ2) is 12.3. The van der Waals surface area contributed by atoms with Gasteiger partial charge in [-0.1, -0.05) is 176 Å². The van der Waals surface area contributed by atoms with E-state index >= 15 is 0 Å². The number of rotatable bonds is 5. The molecule has 0 radical (unpaired) electrons. The maximum atomic E-state index is 2.76. The highest BCUT2D eigenvalue weighted by atomic mass is 15.2. The average molecular weight is 716 g/mol. The van der Waals surface area contributed by atoms with E-state index < -0.39 is 0 Å². The molecule has 1 nitrogen and oxygen atoms in total. The Hall–Kier alpha value is -6.44. The van der Waals surface area contributed by atoms with Crippen LogP contribution in [-0.2, 0) is 5.41 Å². The van der Waals surface area contributed by atoms with Gasteiger partial charge in [0, 0.05) is 28.4 Å². The maximum Gasteiger partial charge on any atom is 0.0499 e. The summed E-state index contributed by atoms with van der Waals surface area (Å²) in [5.74, 6) is 0.863. The molecule has 0 aromatic heterocycles. The van der Waals surface area contributed by atoms with Crippen LogP contribution in [-0.4, -0.2) is 6.04 Å². The van der Waals surface area contributed by atoms with Crippen molar-refractivity contribution >= 4 is 11.4 Å². The third-order valence-corrected chi connectivity index (χ3v) is 13.8. The van der Waals surface area contributed by atoms with Gasteiger partial charge in [0.15, 0.2) is 0 Å². The zero-order chi connectivity index (χ0) is 36.8. The number of hydrogen-bond donors (Lipinski definition) is 0. The molecule has 1 saturated carbocycles. The van der Waals surface area contributed by atoms with E-state index in [-0.39, 0.29) is 11.5 Å². The lowest BCUT2D eigenvalue weighted by atomic mass is 9.60. The highest BCUT2D eigenvalue weighted by molar-refractivity contribution is 6.16. The molecule has 12 rings (SSSR count). The molecule has 1 fully saturated rings. The van der Waals surface area contributed by atoms with Crippen LogP contribution in [0, 0.1) is 5.92 Å². The highest BCUT2D eigenvalue weighted by Crippen LogP contribution is 2.64. The molecule has 1 heteroatoms. The molecule has 6 bridgehead atoms. The van der Waals surface area contributed by atoms with E-state index in [4.69, 9.17) is 0 Å². The molecule has 8 aromatic rings. The zero-order valence-electron chi connectivity index (χ0n) is 31.3. The van der Waals surface area contributed by atoms with Crippen molar-refractivity contribution in [3.8, 4) is 55.6 Å². The molecule has 0 heterocycles. The fourth-order valence-corrected chi connectivity index (χ4v) is 11.8. The minimum atomic E-state index is -0.252. The predicted molar refractivity (Wildman–Crippen MR) is 232 cm³/mol. The minimum Gasteiger partial charge on any atom is -0.338 e. The summed E-state index contributed by atoms with van der Waals surface area (Å²) in [6, 6.07) is 74.0. The van der Waals surface area contributed by atoms with Gasteiger partial charge >= 0.3 is 0 Å². The van der Waals surface area contributed by atoms with Gasteiger partial charge in [-0.2, -0.15) is 0 Å². The zero-order valence-corrected chi connectivity index (χ0v) is 31.3. The molecule has 8 aromatic carbocycles. The third-order valence-electron chi connectivity index (χ3n) is 13.8. The molecule has 56 heavy (non-hydrogen) atoms. The van der Waals surface area contributed by atoms with Gasteiger partial charge in [-0.05, 0) is 122 Å². The molecule has 0 amide bonds. The number of hydrogen-bond acceptors (Lipinski definition) is 1. The smallest absolute Gasteiger partial charge is 0.0499 e. The van der Waals surface area contributed by atoms with Gasteiger partial charge in [0.05, 0.1) is 0 Å². The van der Waals surface area contributed by atoms with Crippen LogP contribution >= 0.6 is 0 Å². The number of anilines is 2. The topological polar surface area (TPSA) is 3.24 Å². The molecule has 3 unspecified atom stereocenters. The molecule has 0 saturated heterocycles. The molecule has 0 aliphatic heterocycles. The van der Waals surface area contributed by atoms with Gasteiger partial charge in [0.25, 0.3) is 0 Å². The van der Waals surface area contributed by atoms with Crippen LogP contribution in [0.1, 0.15) is 47.4 Å². The first-order valence-corrected chi connectivity index (χ1v) is 20.4. The van der Waals surface area contributed by atoms with E-state index in [1.54, 1.807) is 0 Å². The Morgan fingerprint density at radius 1 is 0.393 bits per heavy atom. The Morgan fingerprint density at radius 2 is 0.893 bits per heavy atom. The first kappa shape index (κ1) is 31.9. The van der Waals surface area contributed by atoms with E-state index in [0.29, 0.717) is 11.8 Å². The monoisotopic (exact) mass is 715 g/mol. The van der Waals surface area contributed by atoms with Gasteiger partial charge < -0.3 is 4.90 Å². The van der Waals surface area contributed by atoms with Crippen LogP contribution in [0.4, 0.5) is 11.4 Å². The van der Waals surface area contributed by atoms with Crippen LogP contribution in [0.2, 0.25) is 0 Å². The predicted octanol–water partition coefficient (Wildman–Crippen LogP) is 14.1. The quantitative estimate of drug-likeness (QED) is 0.171. The Balaban J connectivity index is 1.10. The van der Waals surface area contributed by atoms with Crippen molar-refractivity contribution in [3.05, 3.63) is 216 Å². The van der Waals surface area contributed by atoms with Crippen LogP contribution in [0.25, 0.3) is 55.6 Å². The van der Waals surface area contributed by atoms with Crippen LogP contribution < -0.4 is 4.90 Å². The molecular weight excluding hydrogens is 675 g/mol. The fourth-order valence-electron chi connectivity index (χ4n) is 11.8. The standard InChI is InChI=1S/C55H41N/c1-4-17-36(18-5-1)55(37-19-6-2-7-20-37)49-31-13-12-24-41(49)42-34-33-39(35-50(42)55)56(38-21-8-3-9-22-38)51-32-16-30-48-53-44-26-14-27-45(53)46-28-15-29-47(54(48)51)52(46)43-25-11-10-23-40(43)44/h1-32,39,42,50H,33-35H2. The summed E-state index contributed by atoms with van der Waals surface area (Å²) >= 11 is 0. The van der Waals surface area contributed by atoms with Crippen molar-refractivity contribution < 1.29 is 0 Å². The van der Waals surface area contributed by atoms with Crippen LogP contribution in [0.15, 0.2) is 194 Å². The first-order valence-electron chi connectivity index (χ1n) is 20.4. The Bertz CT molecular complexity index is 2730. The molecule has 3 atom stereocenters. The first-order chi connectivity index (χ1) is 27.8. The second-order valence-electron chi connectivity index (χ2n) is 16.2. The van der Waals surface area contributed by atoms with E-state index in [9.17, 15) is 0 Å². The SMILES string of the molecule is c1ccc(N(c2cccc3c2-c2cccc4c2-c2ccccc2-c2cccc-4c2-3)C2CCC3c4ccccc4C(c4ccccc4)(c4ccccc4)C3C2)cc1. The van der Waals surface area contributed by atoms with Crippen molar-refractivity contribution in [2.24, 2.45) is 5.92 Å². The minimum absolute atomic E-state index is 0.252. The van der Waals surface area contributed by atoms with E-state index in [1.807, 2.05) is 0 Å². The van der Waals surface area contributed by atoms with Gasteiger partial charge in [0.1, 0.15) is 0 Å². The van der Waals surface area contributed by atoms with E-state index in [2.05, 4.69) is 199 Å². The fraction of sp³-hybridized carbons (Fsp3) is 0.127. The normalized spacial score (nSPS) is 18.8. The summed E-state index contributed by atoms with van der Waals surface area (Å²) in [6.45, 7) is 0. The largest absolute Gasteiger partial charge is 0.338 e. The number of para-hydroxylation sites is 1. The summed E-state index contributed by atoms with van der Waals surface area (Å²) < 4.78 is 0. The molecule has 0 N–H and O–H groups in total. The van der Waals surface area contributed by atoms with E-state index in [1.165, 1.54) is 89.3 Å². The van der Waals surface area contributed by atoms with E-state index in [0.717, 1.165) is 19.3 Å². The van der Waals surface area contributed by atoms with Crippen molar-refractivity contribution in [3.63, 3.8) is 0 Å². The Kier molecular flexibility index (Phi) is 6.99. The van der Waals surface area contributed by atoms with Gasteiger partial charge in [-0.15, -0.1) is 0 Å². The molecule has 0 spiro atoms. The molecule has 266 valence electrons. The maximum absolute atomic E-state index is 2.76. The Morgan fingerprint density at radius 3 is 1.59 bits per heavy atom. The number of fused-ring (bicyclic) bond motifs is 7. The lowest BCUT2D eigenvalue weighted by molar-refractivity contribution is 0.239. The number of benzene rings is 8. The molecule has 4 aliphatic rings.